The zero-order valence-electron chi connectivity index (χ0n) is 16.9. The summed E-state index contributed by atoms with van der Waals surface area (Å²) in [6.07, 6.45) is 7.10. The summed E-state index contributed by atoms with van der Waals surface area (Å²) in [4.78, 5) is 26.2. The molecular weight excluding hydrogens is 396 g/mol. The van der Waals surface area contributed by atoms with Gasteiger partial charge in [0.05, 0.1) is 35.7 Å². The molecule has 1 fully saturated rings. The maximum absolute atomic E-state index is 13.1. The standard InChI is InChI=1S/C23H22N4O4/c28-22(24-12-17-8-4-10-30-17)19-14-26(13-18-9-5-11-31-18)15-20-21(19)25-27(23(20)29)16-6-2-1-3-7-16/h1-4,6-8,10,14-15,18H,5,9,11-13H2,(H,24,28)/t18-/m0/s1. The summed E-state index contributed by atoms with van der Waals surface area (Å²) in [5, 5.41) is 7.35. The van der Waals surface area contributed by atoms with Gasteiger partial charge in [-0.1, -0.05) is 18.2 Å². The Bertz CT molecular complexity index is 1200. The summed E-state index contributed by atoms with van der Waals surface area (Å²) >= 11 is 0. The Morgan fingerprint density at radius 3 is 2.77 bits per heavy atom. The van der Waals surface area contributed by atoms with Crippen LogP contribution in [-0.4, -0.2) is 33.0 Å². The van der Waals surface area contributed by atoms with Gasteiger partial charge in [0.25, 0.3) is 11.5 Å². The Labute approximate surface area is 178 Å². The van der Waals surface area contributed by atoms with Gasteiger partial charge in [-0.15, -0.1) is 0 Å². The molecule has 3 aliphatic rings. The molecule has 0 saturated carbocycles. The molecule has 31 heavy (non-hydrogen) atoms. The second-order valence-corrected chi connectivity index (χ2v) is 7.58. The maximum atomic E-state index is 13.1. The first-order valence-electron chi connectivity index (χ1n) is 10.3. The lowest BCUT2D eigenvalue weighted by molar-refractivity contribution is 0.0933. The number of fused-ring (bicyclic) bond motifs is 1. The molecule has 1 N–H and O–H groups in total. The van der Waals surface area contributed by atoms with Gasteiger partial charge in [0.15, 0.2) is 0 Å². The molecule has 1 aromatic heterocycles. The van der Waals surface area contributed by atoms with E-state index in [1.165, 1.54) is 4.68 Å². The quantitative estimate of drug-likeness (QED) is 0.520. The summed E-state index contributed by atoms with van der Waals surface area (Å²) in [5.74, 6) is 0.327. The maximum Gasteiger partial charge on any atom is 0.282 e. The van der Waals surface area contributed by atoms with Crippen molar-refractivity contribution in [1.29, 1.82) is 0 Å². The molecule has 4 heterocycles. The monoisotopic (exact) mass is 418 g/mol. The highest BCUT2D eigenvalue weighted by atomic mass is 16.5. The summed E-state index contributed by atoms with van der Waals surface area (Å²) in [6.45, 7) is 1.56. The van der Waals surface area contributed by atoms with Crippen LogP contribution in [0.25, 0.3) is 16.9 Å². The number of carbonyl (C=O) groups excluding carboxylic acids is 1. The minimum atomic E-state index is -0.319. The van der Waals surface area contributed by atoms with E-state index in [0.717, 1.165) is 19.4 Å². The average Bonchev–Trinajstić information content (AvgIpc) is 3.55. The van der Waals surface area contributed by atoms with Crippen LogP contribution in [0, 0.1) is 0 Å². The van der Waals surface area contributed by atoms with Crippen LogP contribution in [0.3, 0.4) is 0 Å². The van der Waals surface area contributed by atoms with Crippen LogP contribution in [0.15, 0.2) is 70.3 Å². The van der Waals surface area contributed by atoms with Gasteiger partial charge in [0, 0.05) is 25.5 Å². The molecule has 0 radical (unpaired) electrons. The number of amides is 1. The minimum Gasteiger partial charge on any atom is -0.467 e. The number of hydrogen-bond acceptors (Lipinski definition) is 5. The van der Waals surface area contributed by atoms with Gasteiger partial charge < -0.3 is 19.0 Å². The third kappa shape index (κ3) is 3.89. The number of carbonyl (C=O) groups is 1. The smallest absolute Gasteiger partial charge is 0.282 e. The first-order valence-corrected chi connectivity index (χ1v) is 10.3. The number of pyridine rings is 1. The van der Waals surface area contributed by atoms with E-state index in [0.29, 0.717) is 34.8 Å². The fraction of sp³-hybridized carbons (Fsp3) is 0.261. The zero-order valence-corrected chi connectivity index (χ0v) is 16.9. The van der Waals surface area contributed by atoms with E-state index in [-0.39, 0.29) is 24.1 Å². The third-order valence-electron chi connectivity index (χ3n) is 5.41. The molecule has 1 aromatic carbocycles. The number of nitrogens with one attached hydrogen (secondary N) is 1. The van der Waals surface area contributed by atoms with E-state index in [1.807, 2.05) is 34.9 Å². The van der Waals surface area contributed by atoms with Crippen molar-refractivity contribution in [1.82, 2.24) is 19.7 Å². The summed E-state index contributed by atoms with van der Waals surface area (Å²) in [7, 11) is 0. The highest BCUT2D eigenvalue weighted by Gasteiger charge is 2.25. The number of aromatic nitrogens is 3. The van der Waals surface area contributed by atoms with Gasteiger partial charge in [-0.05, 0) is 37.1 Å². The first kappa shape index (κ1) is 19.3. The predicted molar refractivity (Wildman–Crippen MR) is 113 cm³/mol. The molecule has 0 spiro atoms. The van der Waals surface area contributed by atoms with E-state index < -0.39 is 0 Å². The van der Waals surface area contributed by atoms with Crippen molar-refractivity contribution < 1.29 is 13.9 Å². The number of para-hydroxylation sites is 1. The molecule has 1 saturated heterocycles. The number of nitrogens with zero attached hydrogens (tertiary/aromatic N) is 3. The molecular formula is C23H22N4O4. The van der Waals surface area contributed by atoms with Crippen LogP contribution in [-0.2, 0) is 17.8 Å². The van der Waals surface area contributed by atoms with Crippen LogP contribution in [0.2, 0.25) is 0 Å². The Morgan fingerprint density at radius 2 is 2.03 bits per heavy atom. The molecule has 8 nitrogen and oxygen atoms in total. The Hall–Kier alpha value is -3.65. The van der Waals surface area contributed by atoms with Crippen molar-refractivity contribution in [2.45, 2.75) is 32.0 Å². The van der Waals surface area contributed by atoms with Crippen molar-refractivity contribution in [2.75, 3.05) is 6.61 Å². The van der Waals surface area contributed by atoms with E-state index in [9.17, 15) is 9.59 Å². The Morgan fingerprint density at radius 1 is 1.16 bits per heavy atom. The van der Waals surface area contributed by atoms with E-state index in [1.54, 1.807) is 30.8 Å². The average molecular weight is 418 g/mol. The van der Waals surface area contributed by atoms with E-state index in [4.69, 9.17) is 9.15 Å². The predicted octanol–water partition coefficient (Wildman–Crippen LogP) is 2.84. The number of furan rings is 1. The van der Waals surface area contributed by atoms with Crippen LogP contribution >= 0.6 is 0 Å². The van der Waals surface area contributed by atoms with Crippen molar-refractivity contribution in [3.8, 4) is 16.9 Å². The molecule has 0 unspecified atom stereocenters. The highest BCUT2D eigenvalue weighted by Crippen LogP contribution is 2.24. The van der Waals surface area contributed by atoms with Crippen LogP contribution in [0.1, 0.15) is 29.0 Å². The number of hydrogen-bond donors (Lipinski definition) is 1. The number of rotatable bonds is 6. The van der Waals surface area contributed by atoms with E-state index in [2.05, 4.69) is 10.4 Å². The summed E-state index contributed by atoms with van der Waals surface area (Å²) in [5.41, 5.74) is 1.50. The van der Waals surface area contributed by atoms with Gasteiger partial charge in [0.1, 0.15) is 11.5 Å². The van der Waals surface area contributed by atoms with Crippen molar-refractivity contribution >= 4 is 5.91 Å². The van der Waals surface area contributed by atoms with Gasteiger partial charge in [-0.3, -0.25) is 9.59 Å². The minimum absolute atomic E-state index is 0.0701. The molecule has 1 atom stereocenters. The van der Waals surface area contributed by atoms with Crippen LogP contribution in [0.4, 0.5) is 0 Å². The van der Waals surface area contributed by atoms with Crippen molar-refractivity contribution in [2.24, 2.45) is 0 Å². The lowest BCUT2D eigenvalue weighted by atomic mass is 10.1. The lowest BCUT2D eigenvalue weighted by Gasteiger charge is -2.15. The SMILES string of the molecule is O=C(NCc1ccco1)c1cn(C[C@@H]2CCCO2)cc2c(=O)n(-c3ccccc3)nc1-2. The molecule has 158 valence electrons. The third-order valence-corrected chi connectivity index (χ3v) is 5.41. The normalized spacial score (nSPS) is 16.1. The van der Waals surface area contributed by atoms with Gasteiger partial charge in [-0.25, -0.2) is 0 Å². The molecule has 2 aromatic rings. The largest absolute Gasteiger partial charge is 0.467 e. The molecule has 3 aliphatic heterocycles. The van der Waals surface area contributed by atoms with Gasteiger partial charge in [-0.2, -0.15) is 9.78 Å². The first-order chi connectivity index (χ1) is 15.2. The Kier molecular flexibility index (Phi) is 5.13. The number of benzene rings is 1. The second kappa shape index (κ2) is 8.23. The molecule has 5 rings (SSSR count). The van der Waals surface area contributed by atoms with Gasteiger partial charge in [0.2, 0.25) is 0 Å². The van der Waals surface area contributed by atoms with E-state index >= 15 is 0 Å². The molecule has 0 aliphatic carbocycles. The second-order valence-electron chi connectivity index (χ2n) is 7.58. The van der Waals surface area contributed by atoms with Crippen molar-refractivity contribution in [3.05, 3.63) is 82.8 Å². The highest BCUT2D eigenvalue weighted by molar-refractivity contribution is 5.99. The zero-order chi connectivity index (χ0) is 21.2. The fourth-order valence-electron chi connectivity index (χ4n) is 3.88. The topological polar surface area (TPSA) is 91.3 Å². The summed E-state index contributed by atoms with van der Waals surface area (Å²) in [6, 6.07) is 12.7. The van der Waals surface area contributed by atoms with Crippen LogP contribution < -0.4 is 10.9 Å². The van der Waals surface area contributed by atoms with Gasteiger partial charge >= 0.3 is 0 Å². The fourth-order valence-corrected chi connectivity index (χ4v) is 3.88. The molecule has 1 amide bonds. The molecule has 8 heteroatoms. The Balaban J connectivity index is 1.55. The van der Waals surface area contributed by atoms with Crippen LogP contribution in [0.5, 0.6) is 0 Å². The van der Waals surface area contributed by atoms with Crippen molar-refractivity contribution in [3.63, 3.8) is 0 Å². The molecule has 0 bridgehead atoms. The lowest BCUT2D eigenvalue weighted by Crippen LogP contribution is -2.25. The summed E-state index contributed by atoms with van der Waals surface area (Å²) < 4.78 is 14.2. The number of ether oxygens (including phenoxy) is 1.